The third-order valence-corrected chi connectivity index (χ3v) is 2.85. The summed E-state index contributed by atoms with van der Waals surface area (Å²) in [6, 6.07) is 0. The number of carbonyl (C=O) groups excluding carboxylic acids is 1. The predicted molar refractivity (Wildman–Crippen MR) is 60.1 cm³/mol. The third kappa shape index (κ3) is 1.93. The molecule has 0 aromatic carbocycles. The van der Waals surface area contributed by atoms with Gasteiger partial charge < -0.3 is 10.1 Å². The molecule has 1 aromatic heterocycles. The average molecular weight is 220 g/mol. The number of aromatic nitrogens is 1. The van der Waals surface area contributed by atoms with Crippen molar-refractivity contribution in [3.63, 3.8) is 0 Å². The number of aryl methyl sites for hydroxylation is 1. The SMILES string of the molecule is CCOC(=O)C1CNCc2cncc(C)c21. The minimum atomic E-state index is -0.188. The van der Waals surface area contributed by atoms with Crippen molar-refractivity contribution in [2.75, 3.05) is 13.2 Å². The molecule has 86 valence electrons. The number of pyridine rings is 1. The van der Waals surface area contributed by atoms with Crippen molar-refractivity contribution in [2.45, 2.75) is 26.3 Å². The van der Waals surface area contributed by atoms with Crippen molar-refractivity contribution in [3.8, 4) is 0 Å². The van der Waals surface area contributed by atoms with E-state index in [2.05, 4.69) is 10.3 Å². The summed E-state index contributed by atoms with van der Waals surface area (Å²) in [7, 11) is 0. The van der Waals surface area contributed by atoms with E-state index in [9.17, 15) is 4.79 Å². The van der Waals surface area contributed by atoms with Crippen LogP contribution in [0.15, 0.2) is 12.4 Å². The Hall–Kier alpha value is -1.42. The van der Waals surface area contributed by atoms with Gasteiger partial charge in [0.05, 0.1) is 12.5 Å². The van der Waals surface area contributed by atoms with Gasteiger partial charge in [0.1, 0.15) is 0 Å². The van der Waals surface area contributed by atoms with Crippen LogP contribution in [0.1, 0.15) is 29.5 Å². The Morgan fingerprint density at radius 1 is 1.62 bits per heavy atom. The second-order valence-corrected chi connectivity index (χ2v) is 3.96. The van der Waals surface area contributed by atoms with Crippen molar-refractivity contribution in [1.82, 2.24) is 10.3 Å². The van der Waals surface area contributed by atoms with Crippen molar-refractivity contribution < 1.29 is 9.53 Å². The Morgan fingerprint density at radius 3 is 3.19 bits per heavy atom. The summed E-state index contributed by atoms with van der Waals surface area (Å²) >= 11 is 0. The van der Waals surface area contributed by atoms with Gasteiger partial charge in [-0.25, -0.2) is 0 Å². The third-order valence-electron chi connectivity index (χ3n) is 2.85. The second-order valence-electron chi connectivity index (χ2n) is 3.96. The van der Waals surface area contributed by atoms with E-state index in [1.807, 2.05) is 20.0 Å². The highest BCUT2D eigenvalue weighted by atomic mass is 16.5. The van der Waals surface area contributed by atoms with Crippen molar-refractivity contribution in [3.05, 3.63) is 29.1 Å². The Bertz CT molecular complexity index is 404. The number of ether oxygens (including phenoxy) is 1. The summed E-state index contributed by atoms with van der Waals surface area (Å²) in [5, 5.41) is 3.22. The first-order chi connectivity index (χ1) is 7.74. The maximum Gasteiger partial charge on any atom is 0.314 e. The van der Waals surface area contributed by atoms with E-state index in [1.54, 1.807) is 6.20 Å². The number of hydrogen-bond donors (Lipinski definition) is 1. The summed E-state index contributed by atoms with van der Waals surface area (Å²) in [5.41, 5.74) is 3.26. The molecule has 4 nitrogen and oxygen atoms in total. The number of esters is 1. The maximum absolute atomic E-state index is 11.8. The van der Waals surface area contributed by atoms with Gasteiger partial charge in [0, 0.05) is 25.5 Å². The molecule has 16 heavy (non-hydrogen) atoms. The van der Waals surface area contributed by atoms with Crippen LogP contribution in [0.4, 0.5) is 0 Å². The Labute approximate surface area is 95.0 Å². The highest BCUT2D eigenvalue weighted by Crippen LogP contribution is 2.27. The van der Waals surface area contributed by atoms with Crippen LogP contribution in [0.2, 0.25) is 0 Å². The van der Waals surface area contributed by atoms with Crippen LogP contribution in [0.25, 0.3) is 0 Å². The fourth-order valence-electron chi connectivity index (χ4n) is 2.17. The van der Waals surface area contributed by atoms with Crippen LogP contribution in [0, 0.1) is 6.92 Å². The molecule has 0 bridgehead atoms. The monoisotopic (exact) mass is 220 g/mol. The molecule has 1 unspecified atom stereocenters. The van der Waals surface area contributed by atoms with E-state index in [0.717, 1.165) is 23.2 Å². The van der Waals surface area contributed by atoms with Crippen LogP contribution >= 0.6 is 0 Å². The molecular formula is C12H16N2O2. The van der Waals surface area contributed by atoms with Crippen LogP contribution in [0.3, 0.4) is 0 Å². The van der Waals surface area contributed by atoms with E-state index < -0.39 is 0 Å². The molecule has 2 heterocycles. The fraction of sp³-hybridized carbons (Fsp3) is 0.500. The fourth-order valence-corrected chi connectivity index (χ4v) is 2.17. The van der Waals surface area contributed by atoms with Gasteiger partial charge in [-0.15, -0.1) is 0 Å². The topological polar surface area (TPSA) is 51.2 Å². The molecule has 4 heteroatoms. The smallest absolute Gasteiger partial charge is 0.314 e. The molecule has 1 aliphatic rings. The largest absolute Gasteiger partial charge is 0.465 e. The lowest BCUT2D eigenvalue weighted by atomic mass is 9.89. The van der Waals surface area contributed by atoms with E-state index >= 15 is 0 Å². The average Bonchev–Trinajstić information content (AvgIpc) is 2.29. The van der Waals surface area contributed by atoms with Crippen LogP contribution < -0.4 is 5.32 Å². The quantitative estimate of drug-likeness (QED) is 0.759. The molecule has 0 saturated heterocycles. The molecule has 0 fully saturated rings. The molecule has 0 radical (unpaired) electrons. The first kappa shape index (κ1) is 11.1. The first-order valence-corrected chi connectivity index (χ1v) is 5.54. The first-order valence-electron chi connectivity index (χ1n) is 5.54. The van der Waals surface area contributed by atoms with Crippen LogP contribution in [-0.2, 0) is 16.1 Å². The maximum atomic E-state index is 11.8. The lowest BCUT2D eigenvalue weighted by Gasteiger charge is -2.26. The molecule has 1 aliphatic heterocycles. The summed E-state index contributed by atoms with van der Waals surface area (Å²) in [6.07, 6.45) is 3.62. The molecule has 1 atom stereocenters. The van der Waals surface area contributed by atoms with Gasteiger partial charge in [-0.3, -0.25) is 9.78 Å². The Kier molecular flexibility index (Phi) is 3.19. The number of rotatable bonds is 2. The summed E-state index contributed by atoms with van der Waals surface area (Å²) in [5.74, 6) is -0.336. The predicted octanol–water partition coefficient (Wildman–Crippen LogP) is 1.14. The number of fused-ring (bicyclic) bond motifs is 1. The minimum Gasteiger partial charge on any atom is -0.465 e. The lowest BCUT2D eigenvalue weighted by molar-refractivity contribution is -0.145. The lowest BCUT2D eigenvalue weighted by Crippen LogP contribution is -2.34. The standard InChI is InChI=1S/C12H16N2O2/c1-3-16-12(15)10-7-14-6-9-5-13-4-8(2)11(9)10/h4-5,10,14H,3,6-7H2,1-2H3. The number of nitrogens with zero attached hydrogens (tertiary/aromatic N) is 1. The number of hydrogen-bond acceptors (Lipinski definition) is 4. The molecule has 1 aromatic rings. The van der Waals surface area contributed by atoms with Crippen molar-refractivity contribution in [1.29, 1.82) is 0 Å². The van der Waals surface area contributed by atoms with Crippen LogP contribution in [-0.4, -0.2) is 24.1 Å². The van der Waals surface area contributed by atoms with Crippen molar-refractivity contribution >= 4 is 5.97 Å². The van der Waals surface area contributed by atoms with Crippen LogP contribution in [0.5, 0.6) is 0 Å². The highest BCUT2D eigenvalue weighted by Gasteiger charge is 2.28. The zero-order valence-corrected chi connectivity index (χ0v) is 9.62. The van der Waals surface area contributed by atoms with E-state index in [0.29, 0.717) is 13.2 Å². The number of carbonyl (C=O) groups is 1. The van der Waals surface area contributed by atoms with Gasteiger partial charge in [-0.2, -0.15) is 0 Å². The molecule has 1 N–H and O–H groups in total. The van der Waals surface area contributed by atoms with Gasteiger partial charge in [-0.1, -0.05) is 0 Å². The van der Waals surface area contributed by atoms with Gasteiger partial charge >= 0.3 is 5.97 Å². The van der Waals surface area contributed by atoms with E-state index in [4.69, 9.17) is 4.74 Å². The molecule has 2 rings (SSSR count). The van der Waals surface area contributed by atoms with Gasteiger partial charge in [0.15, 0.2) is 0 Å². The minimum absolute atomic E-state index is 0.148. The normalized spacial score (nSPS) is 19.0. The molecule has 0 saturated carbocycles. The Balaban J connectivity index is 2.35. The number of nitrogens with one attached hydrogen (secondary N) is 1. The van der Waals surface area contributed by atoms with Crippen molar-refractivity contribution in [2.24, 2.45) is 0 Å². The van der Waals surface area contributed by atoms with Gasteiger partial charge in [-0.05, 0) is 30.5 Å². The summed E-state index contributed by atoms with van der Waals surface area (Å²) in [4.78, 5) is 16.0. The van der Waals surface area contributed by atoms with E-state index in [1.165, 1.54) is 0 Å². The summed E-state index contributed by atoms with van der Waals surface area (Å²) in [6.45, 7) is 5.67. The van der Waals surface area contributed by atoms with Gasteiger partial charge in [0.2, 0.25) is 0 Å². The summed E-state index contributed by atoms with van der Waals surface area (Å²) < 4.78 is 5.09. The zero-order valence-electron chi connectivity index (χ0n) is 9.62. The van der Waals surface area contributed by atoms with Gasteiger partial charge in [0.25, 0.3) is 0 Å². The second kappa shape index (κ2) is 4.61. The molecule has 0 aliphatic carbocycles. The molecular weight excluding hydrogens is 204 g/mol. The zero-order chi connectivity index (χ0) is 11.5. The Morgan fingerprint density at radius 2 is 2.44 bits per heavy atom. The van der Waals surface area contributed by atoms with E-state index in [-0.39, 0.29) is 11.9 Å². The highest BCUT2D eigenvalue weighted by molar-refractivity contribution is 5.79. The molecule has 0 spiro atoms. The molecule has 0 amide bonds.